The molecule has 0 aliphatic rings. The molecule has 0 aliphatic heterocycles. The Kier molecular flexibility index (Phi) is 5.01. The van der Waals surface area contributed by atoms with Crippen LogP contribution >= 0.6 is 22.6 Å². The molecule has 3 N–H and O–H groups in total. The van der Waals surface area contributed by atoms with Crippen molar-refractivity contribution < 1.29 is 9.90 Å². The molecule has 4 nitrogen and oxygen atoms in total. The number of carbonyl (C=O) groups excluding carboxylic acids is 1. The van der Waals surface area contributed by atoms with Crippen LogP contribution in [0.2, 0.25) is 0 Å². The molecule has 1 rings (SSSR count). The lowest BCUT2D eigenvalue weighted by Crippen LogP contribution is -2.38. The van der Waals surface area contributed by atoms with Crippen LogP contribution in [0.3, 0.4) is 0 Å². The molecule has 0 bridgehead atoms. The predicted molar refractivity (Wildman–Crippen MR) is 72.6 cm³/mol. The van der Waals surface area contributed by atoms with E-state index in [4.69, 9.17) is 5.11 Å². The number of amides is 2. The van der Waals surface area contributed by atoms with Gasteiger partial charge in [0.25, 0.3) is 0 Å². The standard InChI is InChI=1S/C11H15IN2O2/c1-7-3-4-9(5-10(7)12)14-11(16)13-8(2)6-15/h3-5,8,15H,6H2,1-2H3,(H2,13,14,16). The summed E-state index contributed by atoms with van der Waals surface area (Å²) in [6.45, 7) is 3.68. The second kappa shape index (κ2) is 6.05. The van der Waals surface area contributed by atoms with Gasteiger partial charge in [-0.1, -0.05) is 6.07 Å². The number of nitrogens with one attached hydrogen (secondary N) is 2. The van der Waals surface area contributed by atoms with E-state index in [2.05, 4.69) is 33.2 Å². The largest absolute Gasteiger partial charge is 0.394 e. The fraction of sp³-hybridized carbons (Fsp3) is 0.364. The first-order valence-electron chi connectivity index (χ1n) is 4.97. The van der Waals surface area contributed by atoms with Crippen LogP contribution in [-0.2, 0) is 0 Å². The first kappa shape index (κ1) is 13.2. The molecule has 1 unspecified atom stereocenters. The summed E-state index contributed by atoms with van der Waals surface area (Å²) in [6, 6.07) is 5.15. The van der Waals surface area contributed by atoms with Crippen molar-refractivity contribution in [3.05, 3.63) is 27.3 Å². The predicted octanol–water partition coefficient (Wildman–Crippen LogP) is 2.10. The van der Waals surface area contributed by atoms with Gasteiger partial charge in [0.15, 0.2) is 0 Å². The third kappa shape index (κ3) is 3.97. The minimum absolute atomic E-state index is 0.0706. The minimum Gasteiger partial charge on any atom is -0.394 e. The Labute approximate surface area is 109 Å². The molecular weight excluding hydrogens is 319 g/mol. The van der Waals surface area contributed by atoms with Crippen molar-refractivity contribution in [3.8, 4) is 0 Å². The molecule has 0 spiro atoms. The molecule has 0 saturated carbocycles. The van der Waals surface area contributed by atoms with E-state index < -0.39 is 0 Å². The van der Waals surface area contributed by atoms with Crippen LogP contribution in [0.25, 0.3) is 0 Å². The number of aryl methyl sites for hydroxylation is 1. The summed E-state index contributed by atoms with van der Waals surface area (Å²) in [5, 5.41) is 14.1. The van der Waals surface area contributed by atoms with Gasteiger partial charge >= 0.3 is 6.03 Å². The number of halogens is 1. The number of benzene rings is 1. The molecule has 0 aromatic heterocycles. The zero-order chi connectivity index (χ0) is 12.1. The Hall–Kier alpha value is -0.820. The molecule has 0 fully saturated rings. The lowest BCUT2D eigenvalue weighted by atomic mass is 10.2. The number of urea groups is 1. The number of anilines is 1. The maximum atomic E-state index is 11.4. The van der Waals surface area contributed by atoms with Crippen LogP contribution in [0.15, 0.2) is 18.2 Å². The van der Waals surface area contributed by atoms with E-state index >= 15 is 0 Å². The number of carbonyl (C=O) groups is 1. The molecule has 0 aliphatic carbocycles. The third-order valence-corrected chi connectivity index (χ3v) is 3.24. The normalized spacial score (nSPS) is 12.0. The lowest BCUT2D eigenvalue weighted by molar-refractivity contribution is 0.229. The SMILES string of the molecule is Cc1ccc(NC(=O)NC(C)CO)cc1I. The Morgan fingerprint density at radius 1 is 1.56 bits per heavy atom. The van der Waals surface area contributed by atoms with Gasteiger partial charge in [0.1, 0.15) is 0 Å². The molecule has 0 saturated heterocycles. The molecular formula is C11H15IN2O2. The van der Waals surface area contributed by atoms with E-state index in [1.165, 1.54) is 5.56 Å². The van der Waals surface area contributed by atoms with Gasteiger partial charge in [0.05, 0.1) is 12.6 Å². The van der Waals surface area contributed by atoms with Gasteiger partial charge in [0, 0.05) is 9.26 Å². The third-order valence-electron chi connectivity index (χ3n) is 2.08. The van der Waals surface area contributed by atoms with Gasteiger partial charge in [-0.2, -0.15) is 0 Å². The molecule has 0 heterocycles. The maximum absolute atomic E-state index is 11.4. The summed E-state index contributed by atoms with van der Waals surface area (Å²) >= 11 is 2.22. The van der Waals surface area contributed by atoms with Crippen LogP contribution in [0.5, 0.6) is 0 Å². The fourth-order valence-corrected chi connectivity index (χ4v) is 1.62. The number of aliphatic hydroxyl groups excluding tert-OH is 1. The molecule has 2 amide bonds. The number of hydrogen-bond acceptors (Lipinski definition) is 2. The molecule has 88 valence electrons. The van der Waals surface area contributed by atoms with E-state index in [9.17, 15) is 4.79 Å². The summed E-state index contributed by atoms with van der Waals surface area (Å²) in [6.07, 6.45) is 0. The lowest BCUT2D eigenvalue weighted by Gasteiger charge is -2.12. The van der Waals surface area contributed by atoms with Crippen molar-refractivity contribution in [2.45, 2.75) is 19.9 Å². The van der Waals surface area contributed by atoms with Crippen molar-refractivity contribution in [2.75, 3.05) is 11.9 Å². The molecule has 0 radical (unpaired) electrons. The van der Waals surface area contributed by atoms with Gasteiger partial charge < -0.3 is 15.7 Å². The monoisotopic (exact) mass is 334 g/mol. The van der Waals surface area contributed by atoms with Crippen LogP contribution < -0.4 is 10.6 Å². The van der Waals surface area contributed by atoms with Crippen molar-refractivity contribution in [1.29, 1.82) is 0 Å². The molecule has 1 aromatic carbocycles. The summed E-state index contributed by atoms with van der Waals surface area (Å²) in [5.41, 5.74) is 1.92. The zero-order valence-electron chi connectivity index (χ0n) is 9.25. The van der Waals surface area contributed by atoms with Gasteiger partial charge in [-0.05, 0) is 54.1 Å². The Morgan fingerprint density at radius 3 is 2.81 bits per heavy atom. The molecule has 16 heavy (non-hydrogen) atoms. The number of aliphatic hydroxyl groups is 1. The van der Waals surface area contributed by atoms with E-state index in [1.807, 2.05) is 25.1 Å². The van der Waals surface area contributed by atoms with Gasteiger partial charge in [-0.25, -0.2) is 4.79 Å². The van der Waals surface area contributed by atoms with Crippen molar-refractivity contribution in [1.82, 2.24) is 5.32 Å². The summed E-state index contributed by atoms with van der Waals surface area (Å²) < 4.78 is 1.10. The fourth-order valence-electron chi connectivity index (χ4n) is 1.11. The van der Waals surface area contributed by atoms with E-state index in [1.54, 1.807) is 6.92 Å². The van der Waals surface area contributed by atoms with Gasteiger partial charge in [-0.3, -0.25) is 0 Å². The Morgan fingerprint density at radius 2 is 2.25 bits per heavy atom. The first-order chi connectivity index (χ1) is 7.52. The topological polar surface area (TPSA) is 61.4 Å². The molecule has 5 heteroatoms. The second-order valence-corrected chi connectivity index (χ2v) is 4.81. The average molecular weight is 334 g/mol. The van der Waals surface area contributed by atoms with Crippen LogP contribution in [-0.4, -0.2) is 23.8 Å². The maximum Gasteiger partial charge on any atom is 0.319 e. The highest BCUT2D eigenvalue weighted by atomic mass is 127. The Balaban J connectivity index is 2.59. The quantitative estimate of drug-likeness (QED) is 0.742. The van der Waals surface area contributed by atoms with Crippen LogP contribution in [0, 0.1) is 10.5 Å². The summed E-state index contributed by atoms with van der Waals surface area (Å²) in [4.78, 5) is 11.4. The van der Waals surface area contributed by atoms with Gasteiger partial charge in [-0.15, -0.1) is 0 Å². The Bertz CT molecular complexity index is 382. The number of hydrogen-bond donors (Lipinski definition) is 3. The van der Waals surface area contributed by atoms with E-state index in [-0.39, 0.29) is 18.7 Å². The van der Waals surface area contributed by atoms with Crippen LogP contribution in [0.4, 0.5) is 10.5 Å². The van der Waals surface area contributed by atoms with Crippen molar-refractivity contribution in [3.63, 3.8) is 0 Å². The van der Waals surface area contributed by atoms with E-state index in [0.717, 1.165) is 9.26 Å². The van der Waals surface area contributed by atoms with Crippen LogP contribution in [0.1, 0.15) is 12.5 Å². The van der Waals surface area contributed by atoms with E-state index in [0.29, 0.717) is 0 Å². The minimum atomic E-state index is -0.304. The van der Waals surface area contributed by atoms with Crippen molar-refractivity contribution in [2.24, 2.45) is 0 Å². The first-order valence-corrected chi connectivity index (χ1v) is 6.05. The van der Waals surface area contributed by atoms with Gasteiger partial charge in [0.2, 0.25) is 0 Å². The average Bonchev–Trinajstić information content (AvgIpc) is 2.23. The zero-order valence-corrected chi connectivity index (χ0v) is 11.4. The summed E-state index contributed by atoms with van der Waals surface area (Å²) in [5.74, 6) is 0. The highest BCUT2D eigenvalue weighted by Gasteiger charge is 2.06. The number of rotatable bonds is 3. The highest BCUT2D eigenvalue weighted by Crippen LogP contribution is 2.16. The molecule has 1 atom stereocenters. The summed E-state index contributed by atoms with van der Waals surface area (Å²) in [7, 11) is 0. The molecule has 1 aromatic rings. The smallest absolute Gasteiger partial charge is 0.319 e. The second-order valence-electron chi connectivity index (χ2n) is 3.65. The van der Waals surface area contributed by atoms with Crippen molar-refractivity contribution >= 4 is 34.3 Å². The highest BCUT2D eigenvalue weighted by molar-refractivity contribution is 14.1.